The molecular formula is C13H7Cl2N3. The number of fused-ring (bicyclic) bond motifs is 1. The molecule has 0 unspecified atom stereocenters. The van der Waals surface area contributed by atoms with Crippen LogP contribution in [0.15, 0.2) is 42.6 Å². The lowest BCUT2D eigenvalue weighted by Crippen LogP contribution is -1.94. The van der Waals surface area contributed by atoms with Gasteiger partial charge in [0.1, 0.15) is 5.15 Å². The van der Waals surface area contributed by atoms with Crippen molar-refractivity contribution < 1.29 is 0 Å². The Bertz CT molecular complexity index is 714. The van der Waals surface area contributed by atoms with Crippen molar-refractivity contribution in [1.29, 1.82) is 0 Å². The Labute approximate surface area is 113 Å². The van der Waals surface area contributed by atoms with Crippen LogP contribution in [0.1, 0.15) is 0 Å². The summed E-state index contributed by atoms with van der Waals surface area (Å²) in [5.41, 5.74) is 1.39. The van der Waals surface area contributed by atoms with Crippen LogP contribution in [-0.4, -0.2) is 15.0 Å². The van der Waals surface area contributed by atoms with Gasteiger partial charge in [-0.2, -0.15) is 0 Å². The fourth-order valence-electron chi connectivity index (χ4n) is 1.69. The monoisotopic (exact) mass is 275 g/mol. The summed E-state index contributed by atoms with van der Waals surface area (Å²) in [6, 6.07) is 11.3. The lowest BCUT2D eigenvalue weighted by Gasteiger charge is -2.04. The molecule has 2 heterocycles. The molecule has 0 saturated carbocycles. The van der Waals surface area contributed by atoms with Crippen molar-refractivity contribution in [1.82, 2.24) is 15.0 Å². The lowest BCUT2D eigenvalue weighted by atomic mass is 10.2. The van der Waals surface area contributed by atoms with Gasteiger partial charge >= 0.3 is 0 Å². The second-order valence-corrected chi connectivity index (χ2v) is 4.46. The maximum Gasteiger partial charge on any atom is 0.166 e. The van der Waals surface area contributed by atoms with Gasteiger partial charge in [-0.05, 0) is 6.07 Å². The predicted molar refractivity (Wildman–Crippen MR) is 72.8 cm³/mol. The van der Waals surface area contributed by atoms with E-state index in [1.165, 1.54) is 0 Å². The van der Waals surface area contributed by atoms with E-state index in [1.807, 2.05) is 30.3 Å². The van der Waals surface area contributed by atoms with E-state index in [-0.39, 0.29) is 0 Å². The Hall–Kier alpha value is -1.71. The van der Waals surface area contributed by atoms with Crippen LogP contribution < -0.4 is 0 Å². The quantitative estimate of drug-likeness (QED) is 0.630. The molecule has 18 heavy (non-hydrogen) atoms. The Kier molecular flexibility index (Phi) is 2.86. The Morgan fingerprint density at radius 2 is 1.67 bits per heavy atom. The smallest absolute Gasteiger partial charge is 0.166 e. The summed E-state index contributed by atoms with van der Waals surface area (Å²) in [4.78, 5) is 12.8. The minimum Gasteiger partial charge on any atom is -0.236 e. The fourth-order valence-corrected chi connectivity index (χ4v) is 2.24. The molecule has 0 atom stereocenters. The molecule has 88 valence electrons. The molecule has 1 aromatic carbocycles. The first kappa shape index (κ1) is 11.4. The number of rotatable bonds is 1. The van der Waals surface area contributed by atoms with E-state index < -0.39 is 0 Å². The van der Waals surface area contributed by atoms with Crippen LogP contribution in [0.4, 0.5) is 0 Å². The fraction of sp³-hybridized carbons (Fsp3) is 0. The maximum atomic E-state index is 6.14. The summed E-state index contributed by atoms with van der Waals surface area (Å²) in [7, 11) is 0. The van der Waals surface area contributed by atoms with E-state index in [0.717, 1.165) is 5.56 Å². The Morgan fingerprint density at radius 3 is 2.44 bits per heavy atom. The van der Waals surface area contributed by atoms with Crippen LogP contribution in [0, 0.1) is 0 Å². The molecule has 3 rings (SSSR count). The maximum absolute atomic E-state index is 6.14. The third-order valence-corrected chi connectivity index (χ3v) is 3.12. The number of aromatic nitrogens is 3. The molecule has 2 aromatic heterocycles. The number of nitrogens with zero attached hydrogens (tertiary/aromatic N) is 3. The second kappa shape index (κ2) is 4.52. The van der Waals surface area contributed by atoms with E-state index in [2.05, 4.69) is 15.0 Å². The lowest BCUT2D eigenvalue weighted by molar-refractivity contribution is 1.19. The summed E-state index contributed by atoms with van der Waals surface area (Å²) >= 11 is 12.2. The summed E-state index contributed by atoms with van der Waals surface area (Å²) in [5.74, 6) is 0.544. The number of halogens is 2. The van der Waals surface area contributed by atoms with Gasteiger partial charge in [0.05, 0.1) is 10.4 Å². The van der Waals surface area contributed by atoms with Crippen molar-refractivity contribution in [3.05, 3.63) is 52.8 Å². The van der Waals surface area contributed by atoms with Crippen molar-refractivity contribution in [2.24, 2.45) is 0 Å². The zero-order valence-corrected chi connectivity index (χ0v) is 10.7. The molecule has 0 aliphatic heterocycles. The molecular weight excluding hydrogens is 269 g/mol. The van der Waals surface area contributed by atoms with Crippen LogP contribution in [0.3, 0.4) is 0 Å². The number of benzene rings is 1. The van der Waals surface area contributed by atoms with Gasteiger partial charge in [-0.15, -0.1) is 0 Å². The van der Waals surface area contributed by atoms with Gasteiger partial charge in [-0.1, -0.05) is 53.5 Å². The van der Waals surface area contributed by atoms with Crippen LogP contribution in [-0.2, 0) is 0 Å². The molecule has 0 bridgehead atoms. The molecule has 0 amide bonds. The van der Waals surface area contributed by atoms with Crippen LogP contribution >= 0.6 is 23.2 Å². The number of pyridine rings is 1. The van der Waals surface area contributed by atoms with Crippen molar-refractivity contribution in [3.63, 3.8) is 0 Å². The average molecular weight is 276 g/mol. The first-order chi connectivity index (χ1) is 8.75. The van der Waals surface area contributed by atoms with Crippen LogP contribution in [0.5, 0.6) is 0 Å². The highest BCUT2D eigenvalue weighted by atomic mass is 35.5. The Balaban J connectivity index is 2.29. The zero-order chi connectivity index (χ0) is 12.5. The third-order valence-electron chi connectivity index (χ3n) is 2.53. The molecule has 0 fully saturated rings. The molecule has 0 N–H and O–H groups in total. The summed E-state index contributed by atoms with van der Waals surface area (Å²) in [6.07, 6.45) is 1.60. The number of hydrogen-bond donors (Lipinski definition) is 0. The first-order valence-corrected chi connectivity index (χ1v) is 6.04. The third kappa shape index (κ3) is 1.92. The predicted octanol–water partition coefficient (Wildman–Crippen LogP) is 4.00. The van der Waals surface area contributed by atoms with Crippen LogP contribution in [0.25, 0.3) is 22.4 Å². The van der Waals surface area contributed by atoms with Gasteiger partial charge in [0.2, 0.25) is 0 Å². The normalized spacial score (nSPS) is 10.8. The minimum absolute atomic E-state index is 0.317. The molecule has 0 aliphatic carbocycles. The van der Waals surface area contributed by atoms with E-state index in [1.54, 1.807) is 12.3 Å². The summed E-state index contributed by atoms with van der Waals surface area (Å²) in [6.45, 7) is 0. The first-order valence-electron chi connectivity index (χ1n) is 5.29. The number of hydrogen-bond acceptors (Lipinski definition) is 3. The Morgan fingerprint density at radius 1 is 0.889 bits per heavy atom. The largest absolute Gasteiger partial charge is 0.236 e. The summed E-state index contributed by atoms with van der Waals surface area (Å²) in [5, 5.41) is 1.40. The molecule has 3 nitrogen and oxygen atoms in total. The highest BCUT2D eigenvalue weighted by Crippen LogP contribution is 2.28. The standard InChI is InChI=1S/C13H7Cl2N3/c14-9-6-7-16-13-10(9)11(15)17-12(18-13)8-4-2-1-3-5-8/h1-7H. The molecule has 0 saturated heterocycles. The van der Waals surface area contributed by atoms with Crippen molar-refractivity contribution in [2.45, 2.75) is 0 Å². The summed E-state index contributed by atoms with van der Waals surface area (Å²) < 4.78 is 0. The van der Waals surface area contributed by atoms with Gasteiger partial charge in [0.15, 0.2) is 11.5 Å². The van der Waals surface area contributed by atoms with Gasteiger partial charge in [0, 0.05) is 11.8 Å². The van der Waals surface area contributed by atoms with E-state index in [4.69, 9.17) is 23.2 Å². The second-order valence-electron chi connectivity index (χ2n) is 3.70. The van der Waals surface area contributed by atoms with E-state index in [0.29, 0.717) is 27.0 Å². The molecule has 3 aromatic rings. The van der Waals surface area contributed by atoms with Gasteiger partial charge in [-0.3, -0.25) is 0 Å². The topological polar surface area (TPSA) is 38.7 Å². The van der Waals surface area contributed by atoms with Gasteiger partial charge < -0.3 is 0 Å². The van der Waals surface area contributed by atoms with Gasteiger partial charge in [-0.25, -0.2) is 15.0 Å². The SMILES string of the molecule is Clc1ccnc2nc(-c3ccccc3)nc(Cl)c12. The zero-order valence-electron chi connectivity index (χ0n) is 9.14. The molecule has 5 heteroatoms. The van der Waals surface area contributed by atoms with Gasteiger partial charge in [0.25, 0.3) is 0 Å². The molecule has 0 aliphatic rings. The van der Waals surface area contributed by atoms with Crippen molar-refractivity contribution in [3.8, 4) is 11.4 Å². The van der Waals surface area contributed by atoms with E-state index in [9.17, 15) is 0 Å². The molecule has 0 spiro atoms. The highest BCUT2D eigenvalue weighted by Gasteiger charge is 2.11. The molecule has 0 radical (unpaired) electrons. The van der Waals surface area contributed by atoms with Crippen LogP contribution in [0.2, 0.25) is 10.2 Å². The minimum atomic E-state index is 0.317. The average Bonchev–Trinajstić information content (AvgIpc) is 2.39. The van der Waals surface area contributed by atoms with Crippen molar-refractivity contribution >= 4 is 34.2 Å². The highest BCUT2D eigenvalue weighted by molar-refractivity contribution is 6.41. The van der Waals surface area contributed by atoms with E-state index >= 15 is 0 Å². The van der Waals surface area contributed by atoms with Crippen molar-refractivity contribution in [2.75, 3.05) is 0 Å².